The second-order valence-electron chi connectivity index (χ2n) is 12.9. The lowest BCUT2D eigenvalue weighted by molar-refractivity contribution is 1.33. The molecule has 0 saturated carbocycles. The minimum atomic E-state index is 1.01. The first kappa shape index (κ1) is 28.3. The average Bonchev–Trinajstić information content (AvgIpc) is 3.20. The standard InChI is InChI=1S/C47H29N3/c1-3-39(42-4-2-22-50-45(42)5-1)32-6-8-33(9-7-32)40-14-10-34-13-17-44-41(15-11-35-12-16-43(40)46(34)47(35)44)38-28-36(30-18-23-48-24-19-30)27-37(29-38)31-20-25-49-26-21-31/h1-29H. The fourth-order valence-electron chi connectivity index (χ4n) is 7.69. The van der Waals surface area contributed by atoms with Crippen molar-refractivity contribution in [2.45, 2.75) is 0 Å². The number of fused-ring (bicyclic) bond motifs is 1. The Kier molecular flexibility index (Phi) is 6.49. The predicted octanol–water partition coefficient (Wildman–Crippen LogP) is 12.3. The van der Waals surface area contributed by atoms with Crippen LogP contribution in [0.1, 0.15) is 0 Å². The molecule has 232 valence electrons. The van der Waals surface area contributed by atoms with Gasteiger partial charge < -0.3 is 0 Å². The molecule has 0 aliphatic carbocycles. The van der Waals surface area contributed by atoms with Crippen molar-refractivity contribution in [2.75, 3.05) is 0 Å². The third-order valence-electron chi connectivity index (χ3n) is 10.1. The Balaban J connectivity index is 1.14. The molecule has 0 saturated heterocycles. The molecular weight excluding hydrogens is 607 g/mol. The highest BCUT2D eigenvalue weighted by molar-refractivity contribution is 6.27. The van der Waals surface area contributed by atoms with E-state index in [1.54, 1.807) is 0 Å². The molecule has 0 aliphatic heterocycles. The molecule has 3 nitrogen and oxygen atoms in total. The second kappa shape index (κ2) is 11.5. The van der Waals surface area contributed by atoms with E-state index in [1.807, 2.05) is 37.1 Å². The van der Waals surface area contributed by atoms with Crippen LogP contribution in [0.5, 0.6) is 0 Å². The van der Waals surface area contributed by atoms with Gasteiger partial charge in [-0.25, -0.2) is 0 Å². The maximum Gasteiger partial charge on any atom is 0.0708 e. The molecule has 0 spiro atoms. The van der Waals surface area contributed by atoms with Crippen molar-refractivity contribution >= 4 is 43.2 Å². The summed E-state index contributed by atoms with van der Waals surface area (Å²) in [4.78, 5) is 13.1. The molecule has 50 heavy (non-hydrogen) atoms. The van der Waals surface area contributed by atoms with Crippen LogP contribution in [0.2, 0.25) is 0 Å². The molecule has 0 aliphatic rings. The van der Waals surface area contributed by atoms with Gasteiger partial charge in [-0.1, -0.05) is 91.0 Å². The van der Waals surface area contributed by atoms with Crippen molar-refractivity contribution in [1.29, 1.82) is 0 Å². The summed E-state index contributed by atoms with van der Waals surface area (Å²) >= 11 is 0. The molecule has 10 rings (SSSR count). The molecule has 7 aromatic carbocycles. The fraction of sp³-hybridized carbons (Fsp3) is 0. The molecule has 3 aromatic heterocycles. The van der Waals surface area contributed by atoms with E-state index < -0.39 is 0 Å². The summed E-state index contributed by atoms with van der Waals surface area (Å²) in [6.07, 6.45) is 9.28. The Hall–Kier alpha value is -6.71. The summed E-state index contributed by atoms with van der Waals surface area (Å²) in [6.45, 7) is 0. The number of pyridine rings is 3. The van der Waals surface area contributed by atoms with E-state index >= 15 is 0 Å². The number of aromatic nitrogens is 3. The van der Waals surface area contributed by atoms with Gasteiger partial charge in [0.25, 0.3) is 0 Å². The Bertz CT molecular complexity index is 2780. The lowest BCUT2D eigenvalue weighted by Gasteiger charge is -2.18. The molecule has 0 fully saturated rings. The highest BCUT2D eigenvalue weighted by Gasteiger charge is 2.16. The lowest BCUT2D eigenvalue weighted by atomic mass is 9.86. The van der Waals surface area contributed by atoms with Crippen LogP contribution in [0.15, 0.2) is 177 Å². The first-order valence-corrected chi connectivity index (χ1v) is 16.9. The van der Waals surface area contributed by atoms with Gasteiger partial charge in [-0.3, -0.25) is 15.0 Å². The van der Waals surface area contributed by atoms with Crippen molar-refractivity contribution in [1.82, 2.24) is 15.0 Å². The van der Waals surface area contributed by atoms with Crippen molar-refractivity contribution in [3.63, 3.8) is 0 Å². The maximum absolute atomic E-state index is 4.56. The van der Waals surface area contributed by atoms with Crippen molar-refractivity contribution in [3.8, 4) is 55.6 Å². The van der Waals surface area contributed by atoms with E-state index in [0.717, 1.165) is 27.8 Å². The van der Waals surface area contributed by atoms with E-state index in [9.17, 15) is 0 Å². The SMILES string of the molecule is c1cc(-c2ccc(-c3ccc4ccc5c(-c6cc(-c7ccncc7)cc(-c7ccncc7)c6)ccc6ccc3c4c65)cc2)c2cccnc2c1. The lowest BCUT2D eigenvalue weighted by Crippen LogP contribution is -1.91. The van der Waals surface area contributed by atoms with Gasteiger partial charge in [-0.05, 0) is 143 Å². The van der Waals surface area contributed by atoms with Gasteiger partial charge in [0.05, 0.1) is 5.52 Å². The average molecular weight is 636 g/mol. The molecule has 0 unspecified atom stereocenters. The van der Waals surface area contributed by atoms with Crippen molar-refractivity contribution in [3.05, 3.63) is 177 Å². The summed E-state index contributed by atoms with van der Waals surface area (Å²) in [7, 11) is 0. The van der Waals surface area contributed by atoms with Gasteiger partial charge in [0.15, 0.2) is 0 Å². The molecule has 0 amide bonds. The van der Waals surface area contributed by atoms with Crippen molar-refractivity contribution < 1.29 is 0 Å². The Morgan fingerprint density at radius 3 is 1.38 bits per heavy atom. The smallest absolute Gasteiger partial charge is 0.0708 e. The van der Waals surface area contributed by atoms with Gasteiger partial charge in [0.2, 0.25) is 0 Å². The Labute approximate surface area is 289 Å². The zero-order valence-corrected chi connectivity index (χ0v) is 27.1. The quantitative estimate of drug-likeness (QED) is 0.177. The van der Waals surface area contributed by atoms with Gasteiger partial charge in [-0.2, -0.15) is 0 Å². The normalized spacial score (nSPS) is 11.6. The van der Waals surface area contributed by atoms with Gasteiger partial charge in [0, 0.05) is 36.4 Å². The summed E-state index contributed by atoms with van der Waals surface area (Å²) in [5, 5.41) is 8.80. The van der Waals surface area contributed by atoms with Crippen LogP contribution >= 0.6 is 0 Å². The van der Waals surface area contributed by atoms with Crippen LogP contribution in [-0.4, -0.2) is 15.0 Å². The highest BCUT2D eigenvalue weighted by Crippen LogP contribution is 2.44. The van der Waals surface area contributed by atoms with Crippen LogP contribution in [0.3, 0.4) is 0 Å². The van der Waals surface area contributed by atoms with E-state index in [2.05, 4.69) is 154 Å². The number of rotatable bonds is 5. The van der Waals surface area contributed by atoms with Crippen LogP contribution in [-0.2, 0) is 0 Å². The van der Waals surface area contributed by atoms with Gasteiger partial charge >= 0.3 is 0 Å². The number of benzene rings is 7. The van der Waals surface area contributed by atoms with Gasteiger partial charge in [-0.15, -0.1) is 0 Å². The number of nitrogens with zero attached hydrogens (tertiary/aromatic N) is 3. The van der Waals surface area contributed by atoms with E-state index in [0.29, 0.717) is 0 Å². The summed E-state index contributed by atoms with van der Waals surface area (Å²) in [5.74, 6) is 0. The zero-order chi connectivity index (χ0) is 33.0. The zero-order valence-electron chi connectivity index (χ0n) is 27.1. The molecule has 3 heteroatoms. The molecule has 0 bridgehead atoms. The van der Waals surface area contributed by atoms with Gasteiger partial charge in [0.1, 0.15) is 0 Å². The summed E-state index contributed by atoms with van der Waals surface area (Å²) in [5.41, 5.74) is 12.9. The third-order valence-corrected chi connectivity index (χ3v) is 10.1. The molecular formula is C47H29N3. The van der Waals surface area contributed by atoms with E-state index in [4.69, 9.17) is 0 Å². The molecule has 10 aromatic rings. The minimum Gasteiger partial charge on any atom is -0.265 e. The maximum atomic E-state index is 4.56. The molecule has 0 N–H and O–H groups in total. The monoisotopic (exact) mass is 635 g/mol. The predicted molar refractivity (Wildman–Crippen MR) is 208 cm³/mol. The number of hydrogen-bond donors (Lipinski definition) is 0. The van der Waals surface area contributed by atoms with Crippen LogP contribution in [0.4, 0.5) is 0 Å². The van der Waals surface area contributed by atoms with Crippen molar-refractivity contribution in [2.24, 2.45) is 0 Å². The topological polar surface area (TPSA) is 38.7 Å². The fourth-order valence-corrected chi connectivity index (χ4v) is 7.69. The Morgan fingerprint density at radius 2 is 0.800 bits per heavy atom. The largest absolute Gasteiger partial charge is 0.265 e. The second-order valence-corrected chi connectivity index (χ2v) is 12.9. The van der Waals surface area contributed by atoms with Crippen LogP contribution < -0.4 is 0 Å². The molecule has 3 heterocycles. The third kappa shape index (κ3) is 4.63. The minimum absolute atomic E-state index is 1.01. The van der Waals surface area contributed by atoms with E-state index in [1.165, 1.54) is 71.1 Å². The Morgan fingerprint density at radius 1 is 0.300 bits per heavy atom. The van der Waals surface area contributed by atoms with E-state index in [-0.39, 0.29) is 0 Å². The van der Waals surface area contributed by atoms with Crippen LogP contribution in [0, 0.1) is 0 Å². The molecule has 0 radical (unpaired) electrons. The summed E-state index contributed by atoms with van der Waals surface area (Å²) in [6, 6.07) is 53.0. The number of hydrogen-bond acceptors (Lipinski definition) is 3. The first-order chi connectivity index (χ1) is 24.8. The van der Waals surface area contributed by atoms with Crippen LogP contribution in [0.25, 0.3) is 98.9 Å². The highest BCUT2D eigenvalue weighted by atomic mass is 14.6. The summed E-state index contributed by atoms with van der Waals surface area (Å²) < 4.78 is 0. The first-order valence-electron chi connectivity index (χ1n) is 16.9. The molecule has 0 atom stereocenters.